The number of H-pyrrole nitrogens is 1. The average Bonchev–Trinajstić information content (AvgIpc) is 3.08. The van der Waals surface area contributed by atoms with E-state index < -0.39 is 18.6 Å². The second-order valence-corrected chi connectivity index (χ2v) is 5.12. The van der Waals surface area contributed by atoms with E-state index >= 15 is 0 Å². The Bertz CT molecular complexity index is 814. The van der Waals surface area contributed by atoms with Gasteiger partial charge < -0.3 is 15.5 Å². The smallest absolute Gasteiger partial charge is 0.269 e. The van der Waals surface area contributed by atoms with Crippen LogP contribution in [0.25, 0.3) is 22.0 Å². The highest BCUT2D eigenvalue weighted by molar-refractivity contribution is 5.95. The summed E-state index contributed by atoms with van der Waals surface area (Å²) < 4.78 is 0. The maximum atomic E-state index is 11.9. The Hall–Kier alpha value is -2.77. The van der Waals surface area contributed by atoms with Gasteiger partial charge in [-0.2, -0.15) is 5.10 Å². The van der Waals surface area contributed by atoms with Gasteiger partial charge in [0.2, 0.25) is 0 Å². The minimum atomic E-state index is -0.975. The molecule has 0 aliphatic carbocycles. The summed E-state index contributed by atoms with van der Waals surface area (Å²) in [6, 6.07) is 9.26. The zero-order valence-corrected chi connectivity index (χ0v) is 12.2. The number of fused-ring (bicyclic) bond motifs is 1. The molecular weight excluding hydrogens is 296 g/mol. The molecule has 3 rings (SSSR count). The van der Waals surface area contributed by atoms with E-state index in [1.807, 2.05) is 24.3 Å². The van der Waals surface area contributed by atoms with Gasteiger partial charge in [0.05, 0.1) is 24.4 Å². The summed E-state index contributed by atoms with van der Waals surface area (Å²) in [7, 11) is 0. The molecule has 118 valence electrons. The first kappa shape index (κ1) is 15.1. The number of nitrogens with zero attached hydrogens (tertiary/aromatic N) is 2. The average molecular weight is 312 g/mol. The normalized spacial score (nSPS) is 12.3. The lowest BCUT2D eigenvalue weighted by Gasteiger charge is -2.09. The highest BCUT2D eigenvalue weighted by atomic mass is 16.3. The Morgan fingerprint density at radius 1 is 1.26 bits per heavy atom. The molecule has 0 saturated heterocycles. The molecule has 4 N–H and O–H groups in total. The predicted octanol–water partition coefficient (Wildman–Crippen LogP) is 0.708. The van der Waals surface area contributed by atoms with Crippen LogP contribution in [0.3, 0.4) is 0 Å². The zero-order chi connectivity index (χ0) is 16.2. The van der Waals surface area contributed by atoms with E-state index in [-0.39, 0.29) is 12.2 Å². The first-order valence-electron chi connectivity index (χ1n) is 7.14. The summed E-state index contributed by atoms with van der Waals surface area (Å²) in [6.07, 6.45) is 2.40. The molecule has 2 heterocycles. The number of carbonyl (C=O) groups excluding carboxylic acids is 1. The van der Waals surface area contributed by atoms with Crippen molar-refractivity contribution in [1.29, 1.82) is 0 Å². The summed E-state index contributed by atoms with van der Waals surface area (Å²) in [5, 5.41) is 28.4. The highest BCUT2D eigenvalue weighted by Crippen LogP contribution is 2.26. The third-order valence-corrected chi connectivity index (χ3v) is 3.50. The maximum absolute atomic E-state index is 11.9. The minimum Gasteiger partial charge on any atom is -0.394 e. The summed E-state index contributed by atoms with van der Waals surface area (Å²) >= 11 is 0. The SMILES string of the molecule is O=C(NCC(O)CO)c1ccc(-c2cccc3[nH]ncc23)cn1. The topological polar surface area (TPSA) is 111 Å². The standard InChI is InChI=1S/C16H16N4O3/c21-9-11(22)7-18-16(23)15-5-4-10(6-17-15)12-2-1-3-14-13(12)8-19-20-14/h1-6,8,11,21-22H,7,9H2,(H,18,23)(H,19,20). The van der Waals surface area contributed by atoms with Gasteiger partial charge in [-0.3, -0.25) is 14.9 Å². The van der Waals surface area contributed by atoms with Crippen LogP contribution in [0.4, 0.5) is 0 Å². The van der Waals surface area contributed by atoms with Gasteiger partial charge >= 0.3 is 0 Å². The van der Waals surface area contributed by atoms with Crippen molar-refractivity contribution in [2.45, 2.75) is 6.10 Å². The molecule has 23 heavy (non-hydrogen) atoms. The van der Waals surface area contributed by atoms with Crippen molar-refractivity contribution in [2.24, 2.45) is 0 Å². The van der Waals surface area contributed by atoms with Crippen LogP contribution in [0, 0.1) is 0 Å². The van der Waals surface area contributed by atoms with Crippen LogP contribution in [0.1, 0.15) is 10.5 Å². The van der Waals surface area contributed by atoms with Crippen molar-refractivity contribution in [1.82, 2.24) is 20.5 Å². The molecule has 1 aromatic carbocycles. The molecule has 1 amide bonds. The van der Waals surface area contributed by atoms with Crippen LogP contribution in [0.15, 0.2) is 42.7 Å². The lowest BCUT2D eigenvalue weighted by Crippen LogP contribution is -2.34. The minimum absolute atomic E-state index is 0.0207. The Balaban J connectivity index is 1.79. The lowest BCUT2D eigenvalue weighted by molar-refractivity contribution is 0.0799. The molecule has 0 radical (unpaired) electrons. The number of rotatable bonds is 5. The number of hydrogen-bond donors (Lipinski definition) is 4. The Morgan fingerprint density at radius 2 is 2.13 bits per heavy atom. The van der Waals surface area contributed by atoms with Crippen molar-refractivity contribution in [3.63, 3.8) is 0 Å². The molecule has 0 fully saturated rings. The third kappa shape index (κ3) is 3.20. The van der Waals surface area contributed by atoms with Crippen molar-refractivity contribution >= 4 is 16.8 Å². The fraction of sp³-hybridized carbons (Fsp3) is 0.188. The van der Waals surface area contributed by atoms with E-state index in [4.69, 9.17) is 5.11 Å². The fourth-order valence-corrected chi connectivity index (χ4v) is 2.27. The van der Waals surface area contributed by atoms with Crippen molar-refractivity contribution in [3.8, 4) is 11.1 Å². The van der Waals surface area contributed by atoms with E-state index in [2.05, 4.69) is 20.5 Å². The number of benzene rings is 1. The summed E-state index contributed by atoms with van der Waals surface area (Å²) in [5.41, 5.74) is 3.04. The van der Waals surface area contributed by atoms with E-state index in [1.54, 1.807) is 18.5 Å². The van der Waals surface area contributed by atoms with E-state index in [0.717, 1.165) is 22.0 Å². The van der Waals surface area contributed by atoms with E-state index in [0.29, 0.717) is 0 Å². The third-order valence-electron chi connectivity index (χ3n) is 3.50. The quantitative estimate of drug-likeness (QED) is 0.554. The second-order valence-electron chi connectivity index (χ2n) is 5.12. The zero-order valence-electron chi connectivity index (χ0n) is 12.2. The van der Waals surface area contributed by atoms with Gasteiger partial charge in [0.25, 0.3) is 5.91 Å². The van der Waals surface area contributed by atoms with Crippen LogP contribution in [-0.4, -0.2) is 50.6 Å². The second kappa shape index (κ2) is 6.55. The molecule has 0 saturated carbocycles. The number of aromatic amines is 1. The number of aliphatic hydroxyl groups excluding tert-OH is 2. The fourth-order valence-electron chi connectivity index (χ4n) is 2.27. The number of pyridine rings is 1. The molecular formula is C16H16N4O3. The van der Waals surface area contributed by atoms with Gasteiger partial charge in [-0.25, -0.2) is 0 Å². The van der Waals surface area contributed by atoms with Gasteiger partial charge in [-0.05, 0) is 17.7 Å². The van der Waals surface area contributed by atoms with Crippen LogP contribution < -0.4 is 5.32 Å². The Kier molecular flexibility index (Phi) is 4.31. The molecule has 0 spiro atoms. The molecule has 0 aliphatic rings. The number of aliphatic hydroxyl groups is 2. The molecule has 1 atom stereocenters. The molecule has 7 nitrogen and oxygen atoms in total. The van der Waals surface area contributed by atoms with Crippen molar-refractivity contribution < 1.29 is 15.0 Å². The van der Waals surface area contributed by atoms with Crippen molar-refractivity contribution in [2.75, 3.05) is 13.2 Å². The van der Waals surface area contributed by atoms with Crippen LogP contribution >= 0.6 is 0 Å². The highest BCUT2D eigenvalue weighted by Gasteiger charge is 2.11. The lowest BCUT2D eigenvalue weighted by atomic mass is 10.0. The number of hydrogen-bond acceptors (Lipinski definition) is 5. The monoisotopic (exact) mass is 312 g/mol. The molecule has 0 aliphatic heterocycles. The predicted molar refractivity (Wildman–Crippen MR) is 84.8 cm³/mol. The van der Waals surface area contributed by atoms with Crippen LogP contribution in [-0.2, 0) is 0 Å². The Morgan fingerprint density at radius 3 is 2.87 bits per heavy atom. The number of amides is 1. The van der Waals surface area contributed by atoms with Gasteiger partial charge in [0.15, 0.2) is 0 Å². The van der Waals surface area contributed by atoms with E-state index in [1.165, 1.54) is 0 Å². The van der Waals surface area contributed by atoms with E-state index in [9.17, 15) is 9.90 Å². The van der Waals surface area contributed by atoms with Gasteiger partial charge in [0.1, 0.15) is 5.69 Å². The maximum Gasteiger partial charge on any atom is 0.269 e. The number of aromatic nitrogens is 3. The molecule has 7 heteroatoms. The van der Waals surface area contributed by atoms with Gasteiger partial charge in [0, 0.05) is 23.7 Å². The van der Waals surface area contributed by atoms with Gasteiger partial charge in [-0.1, -0.05) is 18.2 Å². The van der Waals surface area contributed by atoms with Gasteiger partial charge in [-0.15, -0.1) is 0 Å². The molecule has 0 bridgehead atoms. The summed E-state index contributed by atoms with van der Waals surface area (Å²) in [5.74, 6) is -0.398. The Labute approximate surface area is 132 Å². The number of carbonyl (C=O) groups is 1. The van der Waals surface area contributed by atoms with Crippen LogP contribution in [0.2, 0.25) is 0 Å². The molecule has 3 aromatic rings. The molecule has 1 unspecified atom stereocenters. The largest absolute Gasteiger partial charge is 0.394 e. The summed E-state index contributed by atoms with van der Waals surface area (Å²) in [6.45, 7) is -0.422. The number of nitrogens with one attached hydrogen (secondary N) is 2. The van der Waals surface area contributed by atoms with Crippen LogP contribution in [0.5, 0.6) is 0 Å². The van der Waals surface area contributed by atoms with Crippen molar-refractivity contribution in [3.05, 3.63) is 48.4 Å². The first-order valence-corrected chi connectivity index (χ1v) is 7.14. The first-order chi connectivity index (χ1) is 11.2. The summed E-state index contributed by atoms with van der Waals surface area (Å²) in [4.78, 5) is 16.1. The molecule has 2 aromatic heterocycles.